The molecule has 3 aromatic rings. The Morgan fingerprint density at radius 3 is 2.42 bits per heavy atom. The van der Waals surface area contributed by atoms with Crippen LogP contribution in [0, 0.1) is 10.1 Å². The largest absolute Gasteiger partial charge is 0.453 e. The van der Waals surface area contributed by atoms with E-state index in [0.717, 1.165) is 18.2 Å². The van der Waals surface area contributed by atoms with Crippen molar-refractivity contribution in [1.82, 2.24) is 10.3 Å². The summed E-state index contributed by atoms with van der Waals surface area (Å²) in [6.45, 7) is 0. The van der Waals surface area contributed by atoms with Gasteiger partial charge in [0.25, 0.3) is 0 Å². The van der Waals surface area contributed by atoms with Gasteiger partial charge in [0.15, 0.2) is 11.3 Å². The van der Waals surface area contributed by atoms with Crippen molar-refractivity contribution in [2.75, 3.05) is 0 Å². The highest BCUT2D eigenvalue weighted by molar-refractivity contribution is 6.32. The summed E-state index contributed by atoms with van der Waals surface area (Å²) >= 11 is 5.80. The first-order valence-corrected chi connectivity index (χ1v) is 6.59. The quantitative estimate of drug-likeness (QED) is 0.501. The van der Waals surface area contributed by atoms with Gasteiger partial charge in [-0.1, -0.05) is 11.6 Å². The Morgan fingerprint density at radius 1 is 1.12 bits per heavy atom. The van der Waals surface area contributed by atoms with E-state index in [0.29, 0.717) is 6.07 Å². The Labute approximate surface area is 135 Å². The SMILES string of the molecule is O=[N+]([O-])c1ccc(Oc2ccc(C(F)(F)F)cc2Cl)c2nonc12. The van der Waals surface area contributed by atoms with Crippen LogP contribution in [0.1, 0.15) is 5.56 Å². The van der Waals surface area contributed by atoms with E-state index in [1.54, 1.807) is 0 Å². The summed E-state index contributed by atoms with van der Waals surface area (Å²) in [5.74, 6) is -0.0821. The minimum atomic E-state index is -4.54. The highest BCUT2D eigenvalue weighted by Gasteiger charge is 2.31. The zero-order valence-corrected chi connectivity index (χ0v) is 12.1. The maximum absolute atomic E-state index is 12.6. The summed E-state index contributed by atoms with van der Waals surface area (Å²) in [4.78, 5) is 10.2. The Balaban J connectivity index is 2.01. The fourth-order valence-electron chi connectivity index (χ4n) is 1.94. The van der Waals surface area contributed by atoms with Gasteiger partial charge in [0.05, 0.1) is 15.5 Å². The number of rotatable bonds is 3. The van der Waals surface area contributed by atoms with Gasteiger partial charge in [-0.05, 0) is 34.6 Å². The molecule has 7 nitrogen and oxygen atoms in total. The van der Waals surface area contributed by atoms with E-state index >= 15 is 0 Å². The molecule has 11 heteroatoms. The average molecular weight is 360 g/mol. The summed E-state index contributed by atoms with van der Waals surface area (Å²) in [6.07, 6.45) is -4.54. The number of fused-ring (bicyclic) bond motifs is 1. The van der Waals surface area contributed by atoms with Crippen LogP contribution in [0.2, 0.25) is 5.02 Å². The molecule has 0 bridgehead atoms. The van der Waals surface area contributed by atoms with Crippen molar-refractivity contribution in [3.05, 3.63) is 51.0 Å². The van der Waals surface area contributed by atoms with Crippen molar-refractivity contribution < 1.29 is 27.5 Å². The molecule has 0 atom stereocenters. The van der Waals surface area contributed by atoms with Gasteiger partial charge >= 0.3 is 11.9 Å². The van der Waals surface area contributed by atoms with E-state index in [4.69, 9.17) is 16.3 Å². The molecule has 0 unspecified atom stereocenters. The van der Waals surface area contributed by atoms with Crippen LogP contribution in [-0.2, 0) is 6.18 Å². The predicted molar refractivity (Wildman–Crippen MR) is 75.0 cm³/mol. The van der Waals surface area contributed by atoms with Gasteiger partial charge in [-0.2, -0.15) is 13.2 Å². The van der Waals surface area contributed by atoms with E-state index in [1.165, 1.54) is 6.07 Å². The Kier molecular flexibility index (Phi) is 3.76. The second-order valence-corrected chi connectivity index (χ2v) is 4.95. The van der Waals surface area contributed by atoms with Crippen molar-refractivity contribution in [2.45, 2.75) is 6.18 Å². The number of aromatic nitrogens is 2. The van der Waals surface area contributed by atoms with Crippen LogP contribution in [0.5, 0.6) is 11.5 Å². The van der Waals surface area contributed by atoms with Crippen LogP contribution in [0.3, 0.4) is 0 Å². The molecule has 124 valence electrons. The molecule has 3 rings (SSSR count). The Bertz CT molecular complexity index is 942. The van der Waals surface area contributed by atoms with E-state index in [1.807, 2.05) is 0 Å². The molecule has 0 radical (unpaired) electrons. The van der Waals surface area contributed by atoms with Gasteiger partial charge in [-0.3, -0.25) is 10.1 Å². The lowest BCUT2D eigenvalue weighted by Crippen LogP contribution is -2.04. The van der Waals surface area contributed by atoms with E-state index in [9.17, 15) is 23.3 Å². The maximum atomic E-state index is 12.6. The third kappa shape index (κ3) is 2.83. The molecule has 24 heavy (non-hydrogen) atoms. The number of ether oxygens (including phenoxy) is 1. The molecule has 0 aliphatic heterocycles. The number of non-ortho nitro benzene ring substituents is 1. The molecular formula is C13H5ClF3N3O4. The summed E-state index contributed by atoms with van der Waals surface area (Å²) in [6, 6.07) is 4.87. The number of hydrogen-bond acceptors (Lipinski definition) is 6. The zero-order valence-electron chi connectivity index (χ0n) is 11.4. The summed E-state index contributed by atoms with van der Waals surface area (Å²) in [5, 5.41) is 17.5. The van der Waals surface area contributed by atoms with Gasteiger partial charge in [0.1, 0.15) is 5.75 Å². The lowest BCUT2D eigenvalue weighted by Gasteiger charge is -2.11. The molecule has 0 saturated carbocycles. The van der Waals surface area contributed by atoms with Crippen molar-refractivity contribution >= 4 is 28.3 Å². The second-order valence-electron chi connectivity index (χ2n) is 4.55. The van der Waals surface area contributed by atoms with Crippen LogP contribution in [-0.4, -0.2) is 15.2 Å². The molecule has 0 N–H and O–H groups in total. The fourth-order valence-corrected chi connectivity index (χ4v) is 2.16. The van der Waals surface area contributed by atoms with Crippen LogP contribution >= 0.6 is 11.6 Å². The van der Waals surface area contributed by atoms with E-state index in [-0.39, 0.29) is 33.2 Å². The van der Waals surface area contributed by atoms with Crippen LogP contribution < -0.4 is 4.74 Å². The first-order chi connectivity index (χ1) is 11.3. The first kappa shape index (κ1) is 16.0. The smallest absolute Gasteiger partial charge is 0.416 e. The molecule has 1 heterocycles. The monoisotopic (exact) mass is 359 g/mol. The molecular weight excluding hydrogens is 355 g/mol. The molecule has 0 amide bonds. The van der Waals surface area contributed by atoms with Crippen molar-refractivity contribution in [1.29, 1.82) is 0 Å². The lowest BCUT2D eigenvalue weighted by atomic mass is 10.2. The molecule has 1 aromatic heterocycles. The standard InChI is InChI=1S/C13H5ClF3N3O4/c14-7-5-6(13(15,16)17)1-3-9(7)23-10-4-2-8(20(21)22)11-12(10)19-24-18-11/h1-5H. The molecule has 2 aromatic carbocycles. The van der Waals surface area contributed by atoms with Gasteiger partial charge in [0, 0.05) is 6.07 Å². The number of halogens is 4. The Hall–Kier alpha value is -2.88. The highest BCUT2D eigenvalue weighted by atomic mass is 35.5. The summed E-state index contributed by atoms with van der Waals surface area (Å²) in [7, 11) is 0. The Morgan fingerprint density at radius 2 is 1.79 bits per heavy atom. The minimum absolute atomic E-state index is 0.00138. The number of hydrogen-bond donors (Lipinski definition) is 0. The van der Waals surface area contributed by atoms with Crippen molar-refractivity contribution in [3.8, 4) is 11.5 Å². The fraction of sp³-hybridized carbons (Fsp3) is 0.0769. The summed E-state index contributed by atoms with van der Waals surface area (Å²) in [5.41, 5.74) is -1.49. The normalized spacial score (nSPS) is 11.7. The molecule has 0 fully saturated rings. The van der Waals surface area contributed by atoms with Crippen LogP contribution in [0.15, 0.2) is 35.0 Å². The molecule has 0 aliphatic carbocycles. The average Bonchev–Trinajstić information content (AvgIpc) is 2.97. The second kappa shape index (κ2) is 5.64. The van der Waals surface area contributed by atoms with E-state index in [2.05, 4.69) is 14.9 Å². The predicted octanol–water partition coefficient (Wildman–Crippen LogP) is 4.60. The number of nitro groups is 1. The van der Waals surface area contributed by atoms with Crippen LogP contribution in [0.4, 0.5) is 18.9 Å². The van der Waals surface area contributed by atoms with E-state index < -0.39 is 16.7 Å². The van der Waals surface area contributed by atoms with Crippen LogP contribution in [0.25, 0.3) is 11.0 Å². The van der Waals surface area contributed by atoms with Crippen molar-refractivity contribution in [3.63, 3.8) is 0 Å². The minimum Gasteiger partial charge on any atom is -0.453 e. The zero-order chi connectivity index (χ0) is 17.5. The highest BCUT2D eigenvalue weighted by Crippen LogP contribution is 2.38. The topological polar surface area (TPSA) is 91.3 Å². The molecule has 0 aliphatic rings. The third-order valence-corrected chi connectivity index (χ3v) is 3.33. The number of benzene rings is 2. The number of nitrogens with zero attached hydrogens (tertiary/aromatic N) is 3. The van der Waals surface area contributed by atoms with Crippen molar-refractivity contribution in [2.24, 2.45) is 0 Å². The molecule has 0 saturated heterocycles. The maximum Gasteiger partial charge on any atom is 0.416 e. The van der Waals surface area contributed by atoms with Gasteiger partial charge in [-0.25, -0.2) is 4.63 Å². The summed E-state index contributed by atoms with van der Waals surface area (Å²) < 4.78 is 47.7. The van der Waals surface area contributed by atoms with Gasteiger partial charge < -0.3 is 4.74 Å². The third-order valence-electron chi connectivity index (χ3n) is 3.03. The first-order valence-electron chi connectivity index (χ1n) is 6.21. The number of alkyl halides is 3. The van der Waals surface area contributed by atoms with Gasteiger partial charge in [-0.15, -0.1) is 0 Å². The lowest BCUT2D eigenvalue weighted by molar-refractivity contribution is -0.383. The number of nitro benzene ring substituents is 1. The van der Waals surface area contributed by atoms with Gasteiger partial charge in [0.2, 0.25) is 5.52 Å². The molecule has 0 spiro atoms.